The second-order valence-electron chi connectivity index (χ2n) is 4.78. The highest BCUT2D eigenvalue weighted by atomic mass is 16.5. The number of hydrogen-bond acceptors (Lipinski definition) is 3. The van der Waals surface area contributed by atoms with Gasteiger partial charge < -0.3 is 14.8 Å². The maximum atomic E-state index is 11.5. The summed E-state index contributed by atoms with van der Waals surface area (Å²) in [4.78, 5) is 11.5. The maximum absolute atomic E-state index is 11.5. The van der Waals surface area contributed by atoms with E-state index in [1.807, 2.05) is 13.8 Å². The molecule has 0 saturated heterocycles. The van der Waals surface area contributed by atoms with E-state index in [4.69, 9.17) is 9.47 Å². The monoisotopic (exact) mass is 259 g/mol. The lowest BCUT2D eigenvalue weighted by molar-refractivity contribution is -0.121. The van der Waals surface area contributed by atoms with Crippen LogP contribution in [0.3, 0.4) is 0 Å². The fourth-order valence-corrected chi connectivity index (χ4v) is 1.57. The largest absolute Gasteiger partial charge is 0.385 e. The zero-order chi connectivity index (χ0) is 13.6. The first-order chi connectivity index (χ1) is 8.66. The third kappa shape index (κ3) is 13.5. The summed E-state index contributed by atoms with van der Waals surface area (Å²) in [6.45, 7) is 6.39. The molecular formula is C14H29NO3. The molecule has 4 nitrogen and oxygen atoms in total. The third-order valence-corrected chi connectivity index (χ3v) is 2.60. The maximum Gasteiger partial charge on any atom is 0.219 e. The normalized spacial score (nSPS) is 10.9. The van der Waals surface area contributed by atoms with Gasteiger partial charge in [-0.2, -0.15) is 0 Å². The zero-order valence-corrected chi connectivity index (χ0v) is 12.2. The van der Waals surface area contributed by atoms with Crippen LogP contribution in [0.25, 0.3) is 0 Å². The molecule has 0 rings (SSSR count). The summed E-state index contributed by atoms with van der Waals surface area (Å²) in [7, 11) is 1.71. The van der Waals surface area contributed by atoms with E-state index in [9.17, 15) is 4.79 Å². The number of nitrogens with one attached hydrogen (secondary N) is 1. The Hall–Kier alpha value is -0.610. The average Bonchev–Trinajstić information content (AvgIpc) is 2.33. The Balaban J connectivity index is 3.17. The van der Waals surface area contributed by atoms with Crippen molar-refractivity contribution in [3.8, 4) is 0 Å². The number of carbonyl (C=O) groups excluding carboxylic acids is 1. The minimum absolute atomic E-state index is 0.159. The van der Waals surface area contributed by atoms with Crippen molar-refractivity contribution in [3.05, 3.63) is 0 Å². The Kier molecular flexibility index (Phi) is 12.4. The molecule has 0 atom stereocenters. The van der Waals surface area contributed by atoms with Crippen LogP contribution in [-0.4, -0.2) is 38.9 Å². The number of rotatable bonds is 12. The van der Waals surface area contributed by atoms with Crippen molar-refractivity contribution in [3.63, 3.8) is 0 Å². The van der Waals surface area contributed by atoms with E-state index in [1.54, 1.807) is 7.11 Å². The van der Waals surface area contributed by atoms with Crippen molar-refractivity contribution in [2.24, 2.45) is 0 Å². The van der Waals surface area contributed by atoms with E-state index in [-0.39, 0.29) is 12.0 Å². The topological polar surface area (TPSA) is 47.6 Å². The molecule has 0 heterocycles. The molecule has 4 heteroatoms. The van der Waals surface area contributed by atoms with Gasteiger partial charge in [-0.3, -0.25) is 4.79 Å². The molecule has 0 saturated carbocycles. The van der Waals surface area contributed by atoms with Gasteiger partial charge in [0, 0.05) is 33.3 Å². The lowest BCUT2D eigenvalue weighted by atomic mass is 10.2. The number of hydrogen-bond donors (Lipinski definition) is 1. The Labute approximate surface area is 111 Å². The van der Waals surface area contributed by atoms with Crippen LogP contribution in [0.4, 0.5) is 0 Å². The molecule has 1 N–H and O–H groups in total. The molecule has 0 aromatic heterocycles. The smallest absolute Gasteiger partial charge is 0.219 e. The van der Waals surface area contributed by atoms with E-state index in [0.29, 0.717) is 6.42 Å². The van der Waals surface area contributed by atoms with Crippen molar-refractivity contribution >= 4 is 5.91 Å². The lowest BCUT2D eigenvalue weighted by Crippen LogP contribution is -2.24. The predicted molar refractivity (Wildman–Crippen MR) is 73.7 cm³/mol. The van der Waals surface area contributed by atoms with E-state index < -0.39 is 0 Å². The molecule has 0 aromatic rings. The Bertz CT molecular complexity index is 195. The second kappa shape index (κ2) is 12.8. The van der Waals surface area contributed by atoms with Gasteiger partial charge in [0.25, 0.3) is 0 Å². The van der Waals surface area contributed by atoms with Gasteiger partial charge in [-0.1, -0.05) is 0 Å². The van der Waals surface area contributed by atoms with Crippen molar-refractivity contribution < 1.29 is 14.3 Å². The van der Waals surface area contributed by atoms with E-state index in [0.717, 1.165) is 51.9 Å². The number of ether oxygens (including phenoxy) is 2. The molecule has 0 fully saturated rings. The Morgan fingerprint density at radius 1 is 1.06 bits per heavy atom. The Morgan fingerprint density at radius 3 is 2.44 bits per heavy atom. The highest BCUT2D eigenvalue weighted by molar-refractivity contribution is 5.75. The number of unbranched alkanes of at least 4 members (excludes halogenated alkanes) is 3. The standard InChI is InChI=1S/C14H29NO3/c1-13(2)18-12-8-5-9-14(16)15-10-6-4-7-11-17-3/h13H,4-12H2,1-3H3,(H,15,16). The summed E-state index contributed by atoms with van der Waals surface area (Å²) in [6.07, 6.45) is 5.97. The van der Waals surface area contributed by atoms with E-state index >= 15 is 0 Å². The minimum Gasteiger partial charge on any atom is -0.385 e. The number of methoxy groups -OCH3 is 1. The fourth-order valence-electron chi connectivity index (χ4n) is 1.57. The SMILES string of the molecule is COCCCCCNC(=O)CCCCOC(C)C. The first kappa shape index (κ1) is 17.4. The molecule has 0 aromatic carbocycles. The average molecular weight is 259 g/mol. The molecule has 0 bridgehead atoms. The molecule has 108 valence electrons. The minimum atomic E-state index is 0.159. The Morgan fingerprint density at radius 2 is 1.78 bits per heavy atom. The highest BCUT2D eigenvalue weighted by Gasteiger charge is 2.00. The molecule has 0 aliphatic carbocycles. The summed E-state index contributed by atoms with van der Waals surface area (Å²) in [5.41, 5.74) is 0. The lowest BCUT2D eigenvalue weighted by Gasteiger charge is -2.07. The van der Waals surface area contributed by atoms with Crippen LogP contribution in [0.2, 0.25) is 0 Å². The molecule has 0 aliphatic rings. The van der Waals surface area contributed by atoms with Crippen LogP contribution < -0.4 is 5.32 Å². The second-order valence-corrected chi connectivity index (χ2v) is 4.78. The molecule has 1 amide bonds. The number of amides is 1. The van der Waals surface area contributed by atoms with Gasteiger partial charge in [-0.15, -0.1) is 0 Å². The van der Waals surface area contributed by atoms with Gasteiger partial charge in [0.1, 0.15) is 0 Å². The van der Waals surface area contributed by atoms with Crippen LogP contribution in [0.5, 0.6) is 0 Å². The molecule has 0 spiro atoms. The van der Waals surface area contributed by atoms with Crippen molar-refractivity contribution in [2.45, 2.75) is 58.5 Å². The van der Waals surface area contributed by atoms with Gasteiger partial charge in [0.05, 0.1) is 6.10 Å². The summed E-state index contributed by atoms with van der Waals surface area (Å²) in [5, 5.41) is 2.94. The fraction of sp³-hybridized carbons (Fsp3) is 0.929. The quantitative estimate of drug-likeness (QED) is 0.548. The van der Waals surface area contributed by atoms with Crippen LogP contribution in [-0.2, 0) is 14.3 Å². The van der Waals surface area contributed by atoms with Crippen LogP contribution in [0.15, 0.2) is 0 Å². The van der Waals surface area contributed by atoms with Gasteiger partial charge in [0.15, 0.2) is 0 Å². The first-order valence-electron chi connectivity index (χ1n) is 7.04. The molecule has 0 aliphatic heterocycles. The molecule has 18 heavy (non-hydrogen) atoms. The first-order valence-corrected chi connectivity index (χ1v) is 7.04. The summed E-state index contributed by atoms with van der Waals surface area (Å²) in [6, 6.07) is 0. The van der Waals surface area contributed by atoms with E-state index in [1.165, 1.54) is 0 Å². The molecular weight excluding hydrogens is 230 g/mol. The number of carbonyl (C=O) groups is 1. The van der Waals surface area contributed by atoms with Crippen LogP contribution in [0, 0.1) is 0 Å². The van der Waals surface area contributed by atoms with Crippen molar-refractivity contribution in [2.75, 3.05) is 26.9 Å². The molecule has 0 radical (unpaired) electrons. The van der Waals surface area contributed by atoms with Gasteiger partial charge in [0.2, 0.25) is 5.91 Å². The van der Waals surface area contributed by atoms with Crippen LogP contribution >= 0.6 is 0 Å². The highest BCUT2D eigenvalue weighted by Crippen LogP contribution is 1.99. The van der Waals surface area contributed by atoms with Gasteiger partial charge in [-0.25, -0.2) is 0 Å². The van der Waals surface area contributed by atoms with E-state index in [2.05, 4.69) is 5.32 Å². The van der Waals surface area contributed by atoms with Crippen molar-refractivity contribution in [1.29, 1.82) is 0 Å². The summed E-state index contributed by atoms with van der Waals surface area (Å²) >= 11 is 0. The van der Waals surface area contributed by atoms with Gasteiger partial charge >= 0.3 is 0 Å². The van der Waals surface area contributed by atoms with Crippen LogP contribution in [0.1, 0.15) is 52.4 Å². The summed E-state index contributed by atoms with van der Waals surface area (Å²) < 4.78 is 10.4. The zero-order valence-electron chi connectivity index (χ0n) is 12.2. The summed E-state index contributed by atoms with van der Waals surface area (Å²) in [5.74, 6) is 0.159. The molecule has 0 unspecified atom stereocenters. The van der Waals surface area contributed by atoms with Gasteiger partial charge in [-0.05, 0) is 46.0 Å². The predicted octanol–water partition coefficient (Wildman–Crippen LogP) is 2.51. The third-order valence-electron chi connectivity index (χ3n) is 2.60. The van der Waals surface area contributed by atoms with Crippen molar-refractivity contribution in [1.82, 2.24) is 5.32 Å².